The van der Waals surface area contributed by atoms with E-state index in [4.69, 9.17) is 10.2 Å². The monoisotopic (exact) mass is 256 g/mol. The Morgan fingerprint density at radius 2 is 2.11 bits per heavy atom. The molecule has 0 radical (unpaired) electrons. The molecule has 2 heterocycles. The zero-order valence-corrected chi connectivity index (χ0v) is 11.3. The summed E-state index contributed by atoms with van der Waals surface area (Å²) in [5.74, 6) is 1.73. The maximum atomic E-state index is 5.64. The van der Waals surface area contributed by atoms with Gasteiger partial charge in [0.1, 0.15) is 5.82 Å². The lowest BCUT2D eigenvalue weighted by Crippen LogP contribution is -1.90. The van der Waals surface area contributed by atoms with Crippen molar-refractivity contribution < 1.29 is 4.42 Å². The summed E-state index contributed by atoms with van der Waals surface area (Å²) in [5.41, 5.74) is 9.54. The van der Waals surface area contributed by atoms with Gasteiger partial charge in [0, 0.05) is 12.6 Å². The van der Waals surface area contributed by atoms with Crippen LogP contribution in [-0.4, -0.2) is 14.5 Å². The van der Waals surface area contributed by atoms with Crippen molar-refractivity contribution in [2.24, 2.45) is 7.05 Å². The first kappa shape index (κ1) is 11.8. The molecule has 2 N–H and O–H groups in total. The molecule has 0 spiro atoms. The highest BCUT2D eigenvalue weighted by Gasteiger charge is 2.14. The topological polar surface area (TPSA) is 69.9 Å². The molecule has 5 heteroatoms. The van der Waals surface area contributed by atoms with E-state index in [9.17, 15) is 0 Å². The van der Waals surface area contributed by atoms with Gasteiger partial charge in [-0.1, -0.05) is 6.92 Å². The molecule has 0 atom stereocenters. The standard InChI is InChI=1S/C14H16N4O/c1-4-10-13(19-14(15)17-10)9-5-6-12-11(7-9)16-8(2)18(12)3/h5-7H,4H2,1-3H3,(H2,15,17). The largest absolute Gasteiger partial charge is 0.423 e. The molecule has 0 bridgehead atoms. The number of rotatable bonds is 2. The van der Waals surface area contributed by atoms with Crippen LogP contribution in [0.15, 0.2) is 22.6 Å². The van der Waals surface area contributed by atoms with Crippen LogP contribution in [0.1, 0.15) is 18.4 Å². The van der Waals surface area contributed by atoms with Crippen molar-refractivity contribution >= 4 is 17.0 Å². The molecule has 0 saturated carbocycles. The molecule has 2 aromatic heterocycles. The summed E-state index contributed by atoms with van der Waals surface area (Å²) in [7, 11) is 2.01. The normalized spacial score (nSPS) is 11.3. The zero-order chi connectivity index (χ0) is 13.6. The molecular formula is C14H16N4O. The highest BCUT2D eigenvalue weighted by atomic mass is 16.4. The average molecular weight is 256 g/mol. The molecule has 98 valence electrons. The van der Waals surface area contributed by atoms with E-state index in [1.54, 1.807) is 0 Å². The summed E-state index contributed by atoms with van der Waals surface area (Å²) in [6, 6.07) is 6.29. The lowest BCUT2D eigenvalue weighted by Gasteiger charge is -2.00. The Balaban J connectivity index is 2.20. The maximum absolute atomic E-state index is 5.64. The number of imidazole rings is 1. The van der Waals surface area contributed by atoms with Crippen molar-refractivity contribution in [1.82, 2.24) is 14.5 Å². The Kier molecular flexibility index (Phi) is 2.55. The van der Waals surface area contributed by atoms with Gasteiger partial charge in [0.25, 0.3) is 6.01 Å². The number of aromatic nitrogens is 3. The van der Waals surface area contributed by atoms with Crippen molar-refractivity contribution in [3.8, 4) is 11.3 Å². The van der Waals surface area contributed by atoms with Crippen molar-refractivity contribution in [3.63, 3.8) is 0 Å². The van der Waals surface area contributed by atoms with E-state index in [0.717, 1.165) is 40.3 Å². The Bertz CT molecular complexity index is 754. The van der Waals surface area contributed by atoms with Crippen LogP contribution >= 0.6 is 0 Å². The van der Waals surface area contributed by atoms with Crippen LogP contribution in [0.2, 0.25) is 0 Å². The summed E-state index contributed by atoms with van der Waals surface area (Å²) in [4.78, 5) is 8.72. The van der Waals surface area contributed by atoms with Crippen LogP contribution in [0, 0.1) is 6.92 Å². The third-order valence-corrected chi connectivity index (χ3v) is 3.42. The summed E-state index contributed by atoms with van der Waals surface area (Å²) in [6.07, 6.45) is 0.787. The molecule has 1 aromatic carbocycles. The number of aryl methyl sites for hydroxylation is 3. The van der Waals surface area contributed by atoms with Crippen molar-refractivity contribution in [2.45, 2.75) is 20.3 Å². The van der Waals surface area contributed by atoms with Crippen molar-refractivity contribution in [3.05, 3.63) is 29.7 Å². The lowest BCUT2D eigenvalue weighted by atomic mass is 10.1. The Morgan fingerprint density at radius 1 is 1.32 bits per heavy atom. The minimum atomic E-state index is 0.212. The zero-order valence-electron chi connectivity index (χ0n) is 11.3. The predicted octanol–water partition coefficient (Wildman–Crippen LogP) is 2.68. The Hall–Kier alpha value is -2.30. The second-order valence-corrected chi connectivity index (χ2v) is 4.60. The van der Waals surface area contributed by atoms with Gasteiger partial charge < -0.3 is 14.7 Å². The van der Waals surface area contributed by atoms with Gasteiger partial charge in [-0.05, 0) is 31.5 Å². The second-order valence-electron chi connectivity index (χ2n) is 4.60. The van der Waals surface area contributed by atoms with E-state index in [-0.39, 0.29) is 6.01 Å². The number of hydrogen-bond donors (Lipinski definition) is 1. The van der Waals surface area contributed by atoms with Crippen LogP contribution in [-0.2, 0) is 13.5 Å². The fraction of sp³-hybridized carbons (Fsp3) is 0.286. The molecular weight excluding hydrogens is 240 g/mol. The van der Waals surface area contributed by atoms with E-state index in [1.807, 2.05) is 39.1 Å². The fourth-order valence-electron chi connectivity index (χ4n) is 2.30. The number of nitrogens with zero attached hydrogens (tertiary/aromatic N) is 3. The summed E-state index contributed by atoms with van der Waals surface area (Å²) >= 11 is 0. The van der Waals surface area contributed by atoms with E-state index in [2.05, 4.69) is 14.5 Å². The van der Waals surface area contributed by atoms with Crippen LogP contribution in [0.5, 0.6) is 0 Å². The number of fused-ring (bicyclic) bond motifs is 1. The van der Waals surface area contributed by atoms with Gasteiger partial charge >= 0.3 is 0 Å². The first-order chi connectivity index (χ1) is 9.10. The van der Waals surface area contributed by atoms with Gasteiger partial charge in [-0.25, -0.2) is 4.98 Å². The van der Waals surface area contributed by atoms with E-state index < -0.39 is 0 Å². The number of anilines is 1. The third-order valence-electron chi connectivity index (χ3n) is 3.42. The van der Waals surface area contributed by atoms with E-state index in [1.165, 1.54) is 0 Å². The van der Waals surface area contributed by atoms with Crippen molar-refractivity contribution in [2.75, 3.05) is 5.73 Å². The summed E-state index contributed by atoms with van der Waals surface area (Å²) < 4.78 is 7.57. The summed E-state index contributed by atoms with van der Waals surface area (Å²) in [5, 5.41) is 0. The highest BCUT2D eigenvalue weighted by Crippen LogP contribution is 2.29. The molecule has 0 unspecified atom stereocenters. The van der Waals surface area contributed by atoms with Crippen LogP contribution in [0.4, 0.5) is 6.01 Å². The van der Waals surface area contributed by atoms with Gasteiger partial charge in [-0.2, -0.15) is 4.98 Å². The van der Waals surface area contributed by atoms with Gasteiger partial charge in [0.15, 0.2) is 5.76 Å². The summed E-state index contributed by atoms with van der Waals surface area (Å²) in [6.45, 7) is 4.02. The first-order valence-electron chi connectivity index (χ1n) is 6.28. The number of nitrogen functional groups attached to an aromatic ring is 1. The number of nitrogens with two attached hydrogens (primary N) is 1. The first-order valence-corrected chi connectivity index (χ1v) is 6.28. The average Bonchev–Trinajstić information content (AvgIpc) is 2.91. The maximum Gasteiger partial charge on any atom is 0.292 e. The lowest BCUT2D eigenvalue weighted by molar-refractivity contribution is 0.593. The minimum Gasteiger partial charge on any atom is -0.423 e. The molecule has 5 nitrogen and oxygen atoms in total. The van der Waals surface area contributed by atoms with Gasteiger partial charge in [-0.15, -0.1) is 0 Å². The fourth-order valence-corrected chi connectivity index (χ4v) is 2.30. The predicted molar refractivity (Wildman–Crippen MR) is 74.7 cm³/mol. The molecule has 0 aliphatic heterocycles. The molecule has 19 heavy (non-hydrogen) atoms. The second kappa shape index (κ2) is 4.12. The highest BCUT2D eigenvalue weighted by molar-refractivity contribution is 5.82. The van der Waals surface area contributed by atoms with Crippen LogP contribution < -0.4 is 5.73 Å². The Labute approximate surface area is 111 Å². The van der Waals surface area contributed by atoms with Crippen molar-refractivity contribution in [1.29, 1.82) is 0 Å². The molecule has 0 amide bonds. The Morgan fingerprint density at radius 3 is 2.84 bits per heavy atom. The molecule has 3 rings (SSSR count). The number of hydrogen-bond acceptors (Lipinski definition) is 4. The van der Waals surface area contributed by atoms with E-state index in [0.29, 0.717) is 0 Å². The molecule has 3 aromatic rings. The minimum absolute atomic E-state index is 0.212. The van der Waals surface area contributed by atoms with Gasteiger partial charge in [-0.3, -0.25) is 0 Å². The number of benzene rings is 1. The smallest absolute Gasteiger partial charge is 0.292 e. The quantitative estimate of drug-likeness (QED) is 0.765. The van der Waals surface area contributed by atoms with E-state index >= 15 is 0 Å². The van der Waals surface area contributed by atoms with Gasteiger partial charge in [0.05, 0.1) is 16.7 Å². The van der Waals surface area contributed by atoms with Gasteiger partial charge in [0.2, 0.25) is 0 Å². The number of oxazole rings is 1. The molecule has 0 aliphatic carbocycles. The molecule has 0 fully saturated rings. The SMILES string of the molecule is CCc1nc(N)oc1-c1ccc2c(c1)nc(C)n2C. The van der Waals surface area contributed by atoms with Crippen LogP contribution in [0.25, 0.3) is 22.4 Å². The van der Waals surface area contributed by atoms with Crippen LogP contribution in [0.3, 0.4) is 0 Å². The molecule has 0 aliphatic rings. The molecule has 0 saturated heterocycles. The third kappa shape index (κ3) is 1.78.